The summed E-state index contributed by atoms with van der Waals surface area (Å²) in [5, 5.41) is 27.2. The highest BCUT2D eigenvalue weighted by Gasteiger charge is 2.30. The van der Waals surface area contributed by atoms with Crippen LogP contribution in [0.4, 0.5) is 0 Å². The molecule has 0 saturated carbocycles. The Kier molecular flexibility index (Phi) is 13.1. The number of carboxylic acids is 1. The topological polar surface area (TPSA) is 171 Å². The van der Waals surface area contributed by atoms with E-state index in [1.165, 1.54) is 23.9 Å². The molecule has 3 aromatic carbocycles. The lowest BCUT2D eigenvalue weighted by Gasteiger charge is -2.25. The van der Waals surface area contributed by atoms with Crippen LogP contribution in [0, 0.1) is 0 Å². The quantitative estimate of drug-likeness (QED) is 0.144. The number of aromatic hydroxyl groups is 1. The van der Waals surface area contributed by atoms with E-state index in [1.54, 1.807) is 36.4 Å². The summed E-state index contributed by atoms with van der Waals surface area (Å²) in [5.74, 6) is -2.35. The number of thioether (sulfide) groups is 1. The smallest absolute Gasteiger partial charge is 0.326 e. The molecule has 3 aromatic rings. The molecule has 0 unspecified atom stereocenters. The Morgan fingerprint density at radius 2 is 1.12 bits per heavy atom. The van der Waals surface area contributed by atoms with Gasteiger partial charge in [-0.3, -0.25) is 14.4 Å². The Balaban J connectivity index is 1.81. The fourth-order valence-corrected chi connectivity index (χ4v) is 4.88. The van der Waals surface area contributed by atoms with Gasteiger partial charge in [-0.05, 0) is 53.7 Å². The van der Waals surface area contributed by atoms with Crippen LogP contribution in [0.1, 0.15) is 23.1 Å². The van der Waals surface area contributed by atoms with E-state index in [0.717, 1.165) is 16.7 Å². The fourth-order valence-electron chi connectivity index (χ4n) is 4.41. The predicted octanol–water partition coefficient (Wildman–Crippen LogP) is 2.04. The maximum absolute atomic E-state index is 13.7. The molecular formula is C32H38N4O6S. The van der Waals surface area contributed by atoms with Crippen molar-refractivity contribution < 1.29 is 29.4 Å². The SMILES string of the molecule is CSCC[C@H](NC(=O)[C@H](Cc1ccccc1)NC(=O)[C@H](Cc1ccccc1)NC(=O)[C@@H](N)Cc1ccc(O)cc1)C(=O)O. The molecule has 3 amide bonds. The summed E-state index contributed by atoms with van der Waals surface area (Å²) in [6, 6.07) is 20.2. The Bertz CT molecular complexity index is 1340. The van der Waals surface area contributed by atoms with Gasteiger partial charge in [0.1, 0.15) is 23.9 Å². The Hall–Kier alpha value is -4.35. The lowest BCUT2D eigenvalue weighted by atomic mass is 10.0. The number of carbonyl (C=O) groups excluding carboxylic acids is 3. The molecule has 4 atom stereocenters. The summed E-state index contributed by atoms with van der Waals surface area (Å²) in [6.07, 6.45) is 2.49. The monoisotopic (exact) mass is 606 g/mol. The van der Waals surface area contributed by atoms with Gasteiger partial charge >= 0.3 is 5.97 Å². The van der Waals surface area contributed by atoms with Gasteiger partial charge in [0.2, 0.25) is 17.7 Å². The van der Waals surface area contributed by atoms with E-state index >= 15 is 0 Å². The van der Waals surface area contributed by atoms with Crippen LogP contribution in [0.3, 0.4) is 0 Å². The maximum atomic E-state index is 13.7. The first-order chi connectivity index (χ1) is 20.7. The third-order valence-electron chi connectivity index (χ3n) is 6.79. The molecular weight excluding hydrogens is 568 g/mol. The average molecular weight is 607 g/mol. The Morgan fingerprint density at radius 1 is 0.674 bits per heavy atom. The van der Waals surface area contributed by atoms with Gasteiger partial charge in [-0.25, -0.2) is 4.79 Å². The molecule has 7 N–H and O–H groups in total. The standard InChI is InChI=1S/C32H38N4O6S/c1-43-17-16-26(32(41)42)34-30(39)28(20-22-10-6-3-7-11-22)36-31(40)27(19-21-8-4-2-5-9-21)35-29(38)25(33)18-23-12-14-24(37)15-13-23/h2-15,25-28,37H,16-20,33H2,1H3,(H,34,39)(H,35,38)(H,36,40)(H,41,42)/t25-,26-,27-,28-/m0/s1. The zero-order chi connectivity index (χ0) is 31.2. The van der Waals surface area contributed by atoms with E-state index in [9.17, 15) is 29.4 Å². The first-order valence-electron chi connectivity index (χ1n) is 13.9. The summed E-state index contributed by atoms with van der Waals surface area (Å²) >= 11 is 1.46. The van der Waals surface area contributed by atoms with Crippen molar-refractivity contribution in [1.82, 2.24) is 16.0 Å². The molecule has 0 aliphatic carbocycles. The number of hydrogen-bond donors (Lipinski definition) is 6. The molecule has 10 nitrogen and oxygen atoms in total. The van der Waals surface area contributed by atoms with Crippen molar-refractivity contribution in [3.63, 3.8) is 0 Å². The third kappa shape index (κ3) is 11.1. The van der Waals surface area contributed by atoms with E-state index in [-0.39, 0.29) is 31.4 Å². The number of nitrogens with two attached hydrogens (primary N) is 1. The zero-order valence-electron chi connectivity index (χ0n) is 23.9. The number of benzene rings is 3. The van der Waals surface area contributed by atoms with Crippen LogP contribution in [0.15, 0.2) is 84.9 Å². The number of aliphatic carboxylic acids is 1. The van der Waals surface area contributed by atoms with Crippen LogP contribution >= 0.6 is 11.8 Å². The van der Waals surface area contributed by atoms with Crippen LogP contribution in [-0.2, 0) is 38.4 Å². The summed E-state index contributed by atoms with van der Waals surface area (Å²) in [4.78, 5) is 52.0. The van der Waals surface area contributed by atoms with E-state index in [1.807, 2.05) is 42.7 Å². The highest BCUT2D eigenvalue weighted by Crippen LogP contribution is 2.12. The second-order valence-corrected chi connectivity index (χ2v) is 11.1. The van der Waals surface area contributed by atoms with Crippen LogP contribution in [0.25, 0.3) is 0 Å². The lowest BCUT2D eigenvalue weighted by molar-refractivity contribution is -0.142. The highest BCUT2D eigenvalue weighted by molar-refractivity contribution is 7.98. The number of phenolic OH excluding ortho intramolecular Hbond substituents is 1. The first kappa shape index (κ1) is 33.2. The minimum Gasteiger partial charge on any atom is -0.508 e. The number of phenols is 1. The van der Waals surface area contributed by atoms with E-state index in [2.05, 4.69) is 16.0 Å². The van der Waals surface area contributed by atoms with E-state index in [0.29, 0.717) is 5.75 Å². The van der Waals surface area contributed by atoms with Gasteiger partial charge in [0, 0.05) is 12.8 Å². The molecule has 43 heavy (non-hydrogen) atoms. The van der Waals surface area contributed by atoms with Crippen molar-refractivity contribution in [3.8, 4) is 5.75 Å². The van der Waals surface area contributed by atoms with E-state index in [4.69, 9.17) is 5.73 Å². The largest absolute Gasteiger partial charge is 0.508 e. The summed E-state index contributed by atoms with van der Waals surface area (Å²) in [7, 11) is 0. The number of amides is 3. The molecule has 0 radical (unpaired) electrons. The summed E-state index contributed by atoms with van der Waals surface area (Å²) in [6.45, 7) is 0. The number of hydrogen-bond acceptors (Lipinski definition) is 7. The molecule has 11 heteroatoms. The van der Waals surface area contributed by atoms with Gasteiger partial charge in [-0.2, -0.15) is 11.8 Å². The molecule has 3 rings (SSSR count). The van der Waals surface area contributed by atoms with Gasteiger partial charge in [-0.1, -0.05) is 72.8 Å². The summed E-state index contributed by atoms with van der Waals surface area (Å²) < 4.78 is 0. The average Bonchev–Trinajstić information content (AvgIpc) is 3.00. The van der Waals surface area contributed by atoms with Gasteiger partial charge in [-0.15, -0.1) is 0 Å². The van der Waals surface area contributed by atoms with Crippen LogP contribution < -0.4 is 21.7 Å². The minimum atomic E-state index is -1.16. The third-order valence-corrected chi connectivity index (χ3v) is 7.43. The van der Waals surface area contributed by atoms with Crippen molar-refractivity contribution in [3.05, 3.63) is 102 Å². The second kappa shape index (κ2) is 16.9. The molecule has 0 aromatic heterocycles. The highest BCUT2D eigenvalue weighted by atomic mass is 32.2. The molecule has 0 aliphatic rings. The normalized spacial score (nSPS) is 13.6. The van der Waals surface area contributed by atoms with Crippen molar-refractivity contribution in [1.29, 1.82) is 0 Å². The van der Waals surface area contributed by atoms with Gasteiger partial charge in [0.25, 0.3) is 0 Å². The fraction of sp³-hybridized carbons (Fsp3) is 0.312. The van der Waals surface area contributed by atoms with Gasteiger partial charge in [0.05, 0.1) is 6.04 Å². The van der Waals surface area contributed by atoms with Gasteiger partial charge in [0.15, 0.2) is 0 Å². The molecule has 0 heterocycles. The van der Waals surface area contributed by atoms with Crippen molar-refractivity contribution in [2.45, 2.75) is 49.9 Å². The number of carboxylic acid groups (broad SMARTS) is 1. The number of carbonyl (C=O) groups is 4. The Labute approximate surface area is 255 Å². The van der Waals surface area contributed by atoms with Crippen molar-refractivity contribution >= 4 is 35.5 Å². The molecule has 0 fully saturated rings. The van der Waals surface area contributed by atoms with Gasteiger partial charge < -0.3 is 31.9 Å². The zero-order valence-corrected chi connectivity index (χ0v) is 24.8. The molecule has 0 aliphatic heterocycles. The molecule has 228 valence electrons. The second-order valence-electron chi connectivity index (χ2n) is 10.2. The number of nitrogens with one attached hydrogen (secondary N) is 3. The molecule has 0 saturated heterocycles. The van der Waals surface area contributed by atoms with Crippen LogP contribution in [-0.4, -0.2) is 70.1 Å². The van der Waals surface area contributed by atoms with Crippen molar-refractivity contribution in [2.75, 3.05) is 12.0 Å². The maximum Gasteiger partial charge on any atom is 0.326 e. The first-order valence-corrected chi connectivity index (χ1v) is 15.3. The van der Waals surface area contributed by atoms with Crippen LogP contribution in [0.2, 0.25) is 0 Å². The van der Waals surface area contributed by atoms with Crippen LogP contribution in [0.5, 0.6) is 5.75 Å². The predicted molar refractivity (Wildman–Crippen MR) is 167 cm³/mol. The van der Waals surface area contributed by atoms with Crippen molar-refractivity contribution in [2.24, 2.45) is 5.73 Å². The molecule has 0 spiro atoms. The Morgan fingerprint density at radius 3 is 1.58 bits per heavy atom. The van der Waals surface area contributed by atoms with E-state index < -0.39 is 47.9 Å². The summed E-state index contributed by atoms with van der Waals surface area (Å²) in [5.41, 5.74) is 8.45. The lowest BCUT2D eigenvalue weighted by Crippen LogP contribution is -2.58. The minimum absolute atomic E-state index is 0.0920. The number of rotatable bonds is 16. The molecule has 0 bridgehead atoms.